The van der Waals surface area contributed by atoms with Gasteiger partial charge in [0, 0.05) is 35.5 Å². The van der Waals surface area contributed by atoms with Gasteiger partial charge in [-0.25, -0.2) is 0 Å². The highest BCUT2D eigenvalue weighted by Crippen LogP contribution is 2.76. The number of benzene rings is 1. The van der Waals surface area contributed by atoms with Crippen molar-refractivity contribution in [3.8, 4) is 11.5 Å². The average Bonchev–Trinajstić information content (AvgIpc) is 3.03. The maximum Gasteiger partial charge on any atom is 0.165 e. The van der Waals surface area contributed by atoms with E-state index in [9.17, 15) is 5.11 Å². The standard InChI is InChI=1S/C22H29NO4/c1-12(24)14-11-20-6-7-22(14,26-3)19-21(20)8-9-23-16(20)10-13-4-5-15(25-2)18(27-19)17(13)21/h4-5,12,14,16,19,23-24H,6-11H2,1-3H3/t12-,14+,16?,19+,20+,21?,22+/m0/s1. The molecule has 5 nitrogen and oxygen atoms in total. The van der Waals surface area contributed by atoms with Crippen molar-refractivity contribution in [2.24, 2.45) is 11.3 Å². The van der Waals surface area contributed by atoms with Crippen LogP contribution >= 0.6 is 0 Å². The molecule has 0 radical (unpaired) electrons. The first kappa shape index (κ1) is 16.6. The Morgan fingerprint density at radius 3 is 2.85 bits per heavy atom. The first-order valence-corrected chi connectivity index (χ1v) is 10.4. The second-order valence-corrected chi connectivity index (χ2v) is 9.43. The zero-order valence-corrected chi connectivity index (χ0v) is 16.4. The molecule has 2 spiro atoms. The Morgan fingerprint density at radius 1 is 1.26 bits per heavy atom. The third-order valence-corrected chi connectivity index (χ3v) is 9.03. The molecule has 4 fully saturated rings. The van der Waals surface area contributed by atoms with Crippen LogP contribution in [0.3, 0.4) is 0 Å². The van der Waals surface area contributed by atoms with Crippen LogP contribution in [0, 0.1) is 11.3 Å². The molecule has 4 aliphatic carbocycles. The van der Waals surface area contributed by atoms with Gasteiger partial charge in [-0.05, 0) is 57.2 Å². The maximum absolute atomic E-state index is 10.7. The van der Waals surface area contributed by atoms with Gasteiger partial charge in [0.05, 0.1) is 13.2 Å². The molecule has 27 heavy (non-hydrogen) atoms. The molecule has 2 N–H and O–H groups in total. The largest absolute Gasteiger partial charge is 0.493 e. The lowest BCUT2D eigenvalue weighted by Crippen LogP contribution is -2.81. The summed E-state index contributed by atoms with van der Waals surface area (Å²) < 4.78 is 18.8. The van der Waals surface area contributed by atoms with E-state index in [-0.39, 0.29) is 22.9 Å². The minimum atomic E-state index is -0.434. The number of ether oxygens (including phenoxy) is 3. The topological polar surface area (TPSA) is 60.0 Å². The normalized spacial score (nSPS) is 46.6. The fourth-order valence-corrected chi connectivity index (χ4v) is 8.12. The third-order valence-electron chi connectivity index (χ3n) is 9.03. The molecular formula is C22H29NO4. The highest BCUT2D eigenvalue weighted by atomic mass is 16.6. The molecule has 6 aliphatic rings. The van der Waals surface area contributed by atoms with Gasteiger partial charge in [-0.3, -0.25) is 0 Å². The van der Waals surface area contributed by atoms with Gasteiger partial charge in [-0.1, -0.05) is 6.07 Å². The summed E-state index contributed by atoms with van der Waals surface area (Å²) in [6, 6.07) is 4.75. The summed E-state index contributed by atoms with van der Waals surface area (Å²) in [6.07, 6.45) is 4.75. The number of aliphatic hydroxyl groups is 1. The number of rotatable bonds is 3. The Balaban J connectivity index is 1.68. The monoisotopic (exact) mass is 371 g/mol. The summed E-state index contributed by atoms with van der Waals surface area (Å²) in [7, 11) is 3.54. The van der Waals surface area contributed by atoms with Crippen molar-refractivity contribution < 1.29 is 19.3 Å². The minimum absolute atomic E-state index is 0.0278. The highest BCUT2D eigenvalue weighted by molar-refractivity contribution is 5.63. The van der Waals surface area contributed by atoms with Crippen molar-refractivity contribution in [3.63, 3.8) is 0 Å². The van der Waals surface area contributed by atoms with Crippen LogP contribution < -0.4 is 14.8 Å². The van der Waals surface area contributed by atoms with E-state index in [0.29, 0.717) is 6.04 Å². The van der Waals surface area contributed by atoms with E-state index < -0.39 is 11.7 Å². The fourth-order valence-electron chi connectivity index (χ4n) is 8.12. The molecule has 0 amide bonds. The van der Waals surface area contributed by atoms with Gasteiger partial charge in [0.2, 0.25) is 0 Å². The molecule has 146 valence electrons. The van der Waals surface area contributed by atoms with Crippen LogP contribution in [0.2, 0.25) is 0 Å². The molecule has 1 aromatic rings. The molecule has 2 heterocycles. The predicted molar refractivity (Wildman–Crippen MR) is 100 cm³/mol. The molecule has 2 unspecified atom stereocenters. The molecule has 1 saturated heterocycles. The maximum atomic E-state index is 10.7. The van der Waals surface area contributed by atoms with Crippen LogP contribution in [0.15, 0.2) is 12.1 Å². The Bertz CT molecular complexity index is 825. The zero-order chi connectivity index (χ0) is 18.6. The van der Waals surface area contributed by atoms with Crippen molar-refractivity contribution in [2.45, 2.75) is 68.3 Å². The number of hydrogen-bond donors (Lipinski definition) is 2. The molecule has 3 saturated carbocycles. The van der Waals surface area contributed by atoms with Crippen molar-refractivity contribution in [1.29, 1.82) is 0 Å². The first-order valence-electron chi connectivity index (χ1n) is 10.4. The van der Waals surface area contributed by atoms with Crippen molar-refractivity contribution in [3.05, 3.63) is 23.3 Å². The van der Waals surface area contributed by atoms with Gasteiger partial charge in [0.15, 0.2) is 11.5 Å². The summed E-state index contributed by atoms with van der Waals surface area (Å²) in [5.74, 6) is 1.88. The Hall–Kier alpha value is -1.30. The minimum Gasteiger partial charge on any atom is -0.493 e. The molecular weight excluding hydrogens is 342 g/mol. The van der Waals surface area contributed by atoms with E-state index in [1.54, 1.807) is 7.11 Å². The van der Waals surface area contributed by atoms with Gasteiger partial charge in [0.1, 0.15) is 11.7 Å². The lowest BCUT2D eigenvalue weighted by Gasteiger charge is -2.72. The second-order valence-electron chi connectivity index (χ2n) is 9.43. The van der Waals surface area contributed by atoms with Crippen LogP contribution in [-0.4, -0.2) is 49.7 Å². The quantitative estimate of drug-likeness (QED) is 0.853. The lowest BCUT2D eigenvalue weighted by molar-refractivity contribution is -0.276. The third kappa shape index (κ3) is 1.55. The first-order chi connectivity index (χ1) is 13.0. The smallest absolute Gasteiger partial charge is 0.165 e. The molecule has 7 atom stereocenters. The van der Waals surface area contributed by atoms with Crippen LogP contribution in [-0.2, 0) is 16.6 Å². The second kappa shape index (κ2) is 5.00. The SMILES string of the molecule is COc1ccc2c3c1O[C@@H]1C34CCNC(C2)[C@]42CC[C@@]1(OC)[C@@H]([C@H](C)O)C2. The summed E-state index contributed by atoms with van der Waals surface area (Å²) in [4.78, 5) is 0. The lowest BCUT2D eigenvalue weighted by atomic mass is 9.34. The number of fused-ring (bicyclic) bond motifs is 2. The predicted octanol–water partition coefficient (Wildman–Crippen LogP) is 2.18. The summed E-state index contributed by atoms with van der Waals surface area (Å²) >= 11 is 0. The summed E-state index contributed by atoms with van der Waals surface area (Å²) in [6.45, 7) is 2.94. The van der Waals surface area contributed by atoms with E-state index in [1.807, 2.05) is 14.0 Å². The van der Waals surface area contributed by atoms with Gasteiger partial charge in [-0.15, -0.1) is 0 Å². The number of hydrogen-bond acceptors (Lipinski definition) is 5. The summed E-state index contributed by atoms with van der Waals surface area (Å²) in [5.41, 5.74) is 2.47. The Labute approximate surface area is 160 Å². The molecule has 1 aromatic carbocycles. The van der Waals surface area contributed by atoms with Crippen LogP contribution in [0.25, 0.3) is 0 Å². The Morgan fingerprint density at radius 2 is 2.11 bits per heavy atom. The van der Waals surface area contributed by atoms with Crippen LogP contribution in [0.4, 0.5) is 0 Å². The van der Waals surface area contributed by atoms with Gasteiger partial charge < -0.3 is 24.6 Å². The number of piperidine rings is 1. The Kier molecular flexibility index (Phi) is 3.08. The van der Waals surface area contributed by atoms with Crippen molar-refractivity contribution in [1.82, 2.24) is 5.32 Å². The molecule has 7 rings (SSSR count). The van der Waals surface area contributed by atoms with Crippen molar-refractivity contribution >= 4 is 0 Å². The van der Waals surface area contributed by atoms with E-state index >= 15 is 0 Å². The average molecular weight is 371 g/mol. The molecule has 5 heteroatoms. The fraction of sp³-hybridized carbons (Fsp3) is 0.727. The number of methoxy groups -OCH3 is 2. The van der Waals surface area contributed by atoms with E-state index in [4.69, 9.17) is 14.2 Å². The molecule has 0 aromatic heterocycles. The highest BCUT2D eigenvalue weighted by Gasteiger charge is 2.80. The van der Waals surface area contributed by atoms with Crippen LogP contribution in [0.1, 0.15) is 43.7 Å². The van der Waals surface area contributed by atoms with Gasteiger partial charge >= 0.3 is 0 Å². The number of aliphatic hydroxyl groups excluding tert-OH is 1. The summed E-state index contributed by atoms with van der Waals surface area (Å²) in [5, 5.41) is 14.6. The van der Waals surface area contributed by atoms with E-state index in [0.717, 1.165) is 50.1 Å². The zero-order valence-electron chi connectivity index (χ0n) is 16.4. The van der Waals surface area contributed by atoms with Crippen LogP contribution in [0.5, 0.6) is 11.5 Å². The van der Waals surface area contributed by atoms with E-state index in [1.165, 1.54) is 11.1 Å². The molecule has 2 aliphatic heterocycles. The van der Waals surface area contributed by atoms with Gasteiger partial charge in [0.25, 0.3) is 0 Å². The number of nitrogens with one attached hydrogen (secondary N) is 1. The molecule has 4 bridgehead atoms. The van der Waals surface area contributed by atoms with E-state index in [2.05, 4.69) is 17.4 Å². The van der Waals surface area contributed by atoms with Gasteiger partial charge in [-0.2, -0.15) is 0 Å². The van der Waals surface area contributed by atoms with Crippen molar-refractivity contribution in [2.75, 3.05) is 20.8 Å².